The summed E-state index contributed by atoms with van der Waals surface area (Å²) in [6.45, 7) is 4.69. The van der Waals surface area contributed by atoms with Crippen LogP contribution in [-0.4, -0.2) is 25.0 Å². The highest BCUT2D eigenvalue weighted by molar-refractivity contribution is 5.32. The molecular formula is C13H19N3. The van der Waals surface area contributed by atoms with E-state index in [0.717, 1.165) is 18.7 Å². The summed E-state index contributed by atoms with van der Waals surface area (Å²) in [6, 6.07) is 9.88. The molecule has 0 fully saturated rings. The highest BCUT2D eigenvalue weighted by Crippen LogP contribution is 2.07. The summed E-state index contributed by atoms with van der Waals surface area (Å²) in [5.74, 6) is 0.504. The molecule has 0 amide bonds. The molecule has 86 valence electrons. The van der Waals surface area contributed by atoms with Gasteiger partial charge in [-0.05, 0) is 37.2 Å². The predicted molar refractivity (Wildman–Crippen MR) is 65.7 cm³/mol. The van der Waals surface area contributed by atoms with Gasteiger partial charge in [-0.25, -0.2) is 0 Å². The van der Waals surface area contributed by atoms with E-state index in [9.17, 15) is 0 Å². The molecule has 0 aliphatic rings. The quantitative estimate of drug-likeness (QED) is 0.814. The minimum Gasteiger partial charge on any atom is -0.330 e. The fourth-order valence-electron chi connectivity index (χ4n) is 1.72. The van der Waals surface area contributed by atoms with Crippen molar-refractivity contribution in [1.82, 2.24) is 4.90 Å². The van der Waals surface area contributed by atoms with Gasteiger partial charge >= 0.3 is 0 Å². The molecule has 0 aliphatic heterocycles. The number of nitriles is 1. The molecule has 0 radical (unpaired) electrons. The standard InChI is InChI=1S/C13H19N3/c1-11(7-14)9-16(2)10-13-5-3-4-12(6-13)8-15/h3-6,11H,7,9-10,14H2,1-2H3. The predicted octanol–water partition coefficient (Wildman–Crippen LogP) is 1.58. The van der Waals surface area contributed by atoms with E-state index in [2.05, 4.69) is 24.9 Å². The van der Waals surface area contributed by atoms with Gasteiger partial charge in [0.25, 0.3) is 0 Å². The Morgan fingerprint density at radius 2 is 2.25 bits per heavy atom. The SMILES string of the molecule is CC(CN)CN(C)Cc1cccc(C#N)c1. The lowest BCUT2D eigenvalue weighted by molar-refractivity contribution is 0.282. The minimum atomic E-state index is 0.504. The Kier molecular flexibility index (Phi) is 4.97. The van der Waals surface area contributed by atoms with Gasteiger partial charge in [0, 0.05) is 13.1 Å². The monoisotopic (exact) mass is 217 g/mol. The molecule has 0 saturated carbocycles. The third-order valence-corrected chi connectivity index (χ3v) is 2.53. The Morgan fingerprint density at radius 3 is 2.88 bits per heavy atom. The van der Waals surface area contributed by atoms with Gasteiger partial charge in [0.05, 0.1) is 11.6 Å². The second-order valence-electron chi connectivity index (χ2n) is 4.35. The molecule has 0 saturated heterocycles. The van der Waals surface area contributed by atoms with Crippen LogP contribution in [0, 0.1) is 17.2 Å². The highest BCUT2D eigenvalue weighted by Gasteiger charge is 2.05. The van der Waals surface area contributed by atoms with Crippen molar-refractivity contribution in [2.24, 2.45) is 11.7 Å². The van der Waals surface area contributed by atoms with Crippen molar-refractivity contribution in [2.45, 2.75) is 13.5 Å². The van der Waals surface area contributed by atoms with Gasteiger partial charge in [0.2, 0.25) is 0 Å². The average Bonchev–Trinajstić information content (AvgIpc) is 2.28. The second kappa shape index (κ2) is 6.26. The van der Waals surface area contributed by atoms with E-state index >= 15 is 0 Å². The number of benzene rings is 1. The molecule has 1 rings (SSSR count). The largest absolute Gasteiger partial charge is 0.330 e. The Hall–Kier alpha value is -1.37. The molecule has 1 aromatic carbocycles. The van der Waals surface area contributed by atoms with Crippen LogP contribution in [0.4, 0.5) is 0 Å². The molecule has 0 bridgehead atoms. The molecule has 3 heteroatoms. The first-order valence-electron chi connectivity index (χ1n) is 5.53. The summed E-state index contributed by atoms with van der Waals surface area (Å²) in [4.78, 5) is 2.23. The van der Waals surface area contributed by atoms with Crippen LogP contribution >= 0.6 is 0 Å². The maximum Gasteiger partial charge on any atom is 0.0991 e. The Morgan fingerprint density at radius 1 is 1.50 bits per heavy atom. The molecule has 1 unspecified atom stereocenters. The summed E-state index contributed by atoms with van der Waals surface area (Å²) in [5.41, 5.74) is 7.48. The highest BCUT2D eigenvalue weighted by atomic mass is 15.1. The van der Waals surface area contributed by atoms with E-state index in [0.29, 0.717) is 12.5 Å². The normalized spacial score (nSPS) is 12.4. The van der Waals surface area contributed by atoms with Gasteiger partial charge in [-0.2, -0.15) is 5.26 Å². The Bertz CT molecular complexity index is 368. The fourth-order valence-corrected chi connectivity index (χ4v) is 1.72. The van der Waals surface area contributed by atoms with E-state index in [1.165, 1.54) is 5.56 Å². The lowest BCUT2D eigenvalue weighted by Crippen LogP contribution is -2.28. The van der Waals surface area contributed by atoms with Crippen LogP contribution in [0.5, 0.6) is 0 Å². The van der Waals surface area contributed by atoms with Crippen LogP contribution in [0.2, 0.25) is 0 Å². The number of hydrogen-bond acceptors (Lipinski definition) is 3. The van der Waals surface area contributed by atoms with Crippen LogP contribution in [0.3, 0.4) is 0 Å². The summed E-state index contributed by atoms with van der Waals surface area (Å²) >= 11 is 0. The van der Waals surface area contributed by atoms with Gasteiger partial charge in [-0.15, -0.1) is 0 Å². The van der Waals surface area contributed by atoms with Crippen molar-refractivity contribution < 1.29 is 0 Å². The van der Waals surface area contributed by atoms with Gasteiger partial charge < -0.3 is 10.6 Å². The average molecular weight is 217 g/mol. The minimum absolute atomic E-state index is 0.504. The molecule has 1 aromatic rings. The molecule has 16 heavy (non-hydrogen) atoms. The molecule has 3 nitrogen and oxygen atoms in total. The third kappa shape index (κ3) is 4.01. The first-order valence-corrected chi connectivity index (χ1v) is 5.53. The van der Waals surface area contributed by atoms with Crippen LogP contribution in [0.1, 0.15) is 18.1 Å². The molecule has 0 aliphatic carbocycles. The van der Waals surface area contributed by atoms with E-state index in [1.54, 1.807) is 0 Å². The van der Waals surface area contributed by atoms with E-state index in [4.69, 9.17) is 11.0 Å². The molecule has 0 aromatic heterocycles. The molecule has 2 N–H and O–H groups in total. The van der Waals surface area contributed by atoms with E-state index in [-0.39, 0.29) is 0 Å². The zero-order chi connectivity index (χ0) is 12.0. The molecular weight excluding hydrogens is 198 g/mol. The van der Waals surface area contributed by atoms with Crippen LogP contribution in [-0.2, 0) is 6.54 Å². The summed E-state index contributed by atoms with van der Waals surface area (Å²) in [7, 11) is 2.07. The van der Waals surface area contributed by atoms with E-state index in [1.807, 2.05) is 24.3 Å². The summed E-state index contributed by atoms with van der Waals surface area (Å²) < 4.78 is 0. The first kappa shape index (κ1) is 12.7. The van der Waals surface area contributed by atoms with E-state index < -0.39 is 0 Å². The lowest BCUT2D eigenvalue weighted by atomic mass is 10.1. The Balaban J connectivity index is 2.56. The van der Waals surface area contributed by atoms with Crippen molar-refractivity contribution in [1.29, 1.82) is 5.26 Å². The first-order chi connectivity index (χ1) is 7.65. The van der Waals surface area contributed by atoms with Gasteiger partial charge in [-0.1, -0.05) is 19.1 Å². The van der Waals surface area contributed by atoms with Gasteiger partial charge in [0.1, 0.15) is 0 Å². The Labute approximate surface area is 97.5 Å². The van der Waals surface area contributed by atoms with Crippen LogP contribution in [0.15, 0.2) is 24.3 Å². The van der Waals surface area contributed by atoms with Crippen molar-refractivity contribution in [3.05, 3.63) is 35.4 Å². The van der Waals surface area contributed by atoms with Crippen molar-refractivity contribution in [2.75, 3.05) is 20.1 Å². The summed E-state index contributed by atoms with van der Waals surface area (Å²) in [6.07, 6.45) is 0. The van der Waals surface area contributed by atoms with Crippen molar-refractivity contribution >= 4 is 0 Å². The zero-order valence-corrected chi connectivity index (χ0v) is 9.98. The van der Waals surface area contributed by atoms with Crippen LogP contribution in [0.25, 0.3) is 0 Å². The lowest BCUT2D eigenvalue weighted by Gasteiger charge is -2.20. The maximum absolute atomic E-state index is 8.80. The number of nitrogens with two attached hydrogens (primary N) is 1. The van der Waals surface area contributed by atoms with Crippen LogP contribution < -0.4 is 5.73 Å². The second-order valence-corrected chi connectivity index (χ2v) is 4.35. The molecule has 0 heterocycles. The topological polar surface area (TPSA) is 53.0 Å². The maximum atomic E-state index is 8.80. The zero-order valence-electron chi connectivity index (χ0n) is 9.98. The van der Waals surface area contributed by atoms with Crippen molar-refractivity contribution in [3.63, 3.8) is 0 Å². The third-order valence-electron chi connectivity index (χ3n) is 2.53. The summed E-state index contributed by atoms with van der Waals surface area (Å²) in [5, 5.41) is 8.80. The van der Waals surface area contributed by atoms with Crippen molar-refractivity contribution in [3.8, 4) is 6.07 Å². The van der Waals surface area contributed by atoms with Gasteiger partial charge in [-0.3, -0.25) is 0 Å². The smallest absolute Gasteiger partial charge is 0.0991 e. The number of nitrogens with zero attached hydrogens (tertiary/aromatic N) is 2. The molecule has 1 atom stereocenters. The number of rotatable bonds is 5. The fraction of sp³-hybridized carbons (Fsp3) is 0.462. The van der Waals surface area contributed by atoms with Gasteiger partial charge in [0.15, 0.2) is 0 Å². The molecule has 0 spiro atoms. The number of hydrogen-bond donors (Lipinski definition) is 1.